The van der Waals surface area contributed by atoms with E-state index >= 15 is 0 Å². The molecule has 14 heavy (non-hydrogen) atoms. The van der Waals surface area contributed by atoms with Gasteiger partial charge in [-0.25, -0.2) is 0 Å². The SMILES string of the molecule is Cc1oc2ccccc2c(=O)c1C=O. The Morgan fingerprint density at radius 1 is 1.29 bits per heavy atom. The summed E-state index contributed by atoms with van der Waals surface area (Å²) in [6.07, 6.45) is 0.535. The number of fused-ring (bicyclic) bond motifs is 1. The fourth-order valence-corrected chi connectivity index (χ4v) is 1.40. The van der Waals surface area contributed by atoms with E-state index in [0.29, 0.717) is 23.0 Å². The van der Waals surface area contributed by atoms with Crippen molar-refractivity contribution in [2.75, 3.05) is 0 Å². The van der Waals surface area contributed by atoms with E-state index in [1.807, 2.05) is 0 Å². The third kappa shape index (κ3) is 1.14. The molecule has 70 valence electrons. The van der Waals surface area contributed by atoms with E-state index in [1.165, 1.54) is 0 Å². The maximum atomic E-state index is 11.7. The maximum absolute atomic E-state index is 11.7. The van der Waals surface area contributed by atoms with Gasteiger partial charge in [0.1, 0.15) is 16.9 Å². The molecule has 0 aliphatic carbocycles. The summed E-state index contributed by atoms with van der Waals surface area (Å²) >= 11 is 0. The average Bonchev–Trinajstić information content (AvgIpc) is 2.18. The lowest BCUT2D eigenvalue weighted by Crippen LogP contribution is -2.10. The van der Waals surface area contributed by atoms with Crippen molar-refractivity contribution in [3.63, 3.8) is 0 Å². The van der Waals surface area contributed by atoms with Gasteiger partial charge in [-0.3, -0.25) is 9.59 Å². The molecule has 0 amide bonds. The van der Waals surface area contributed by atoms with E-state index in [0.717, 1.165) is 0 Å². The fourth-order valence-electron chi connectivity index (χ4n) is 1.40. The van der Waals surface area contributed by atoms with E-state index in [-0.39, 0.29) is 11.0 Å². The highest BCUT2D eigenvalue weighted by Gasteiger charge is 2.09. The van der Waals surface area contributed by atoms with Crippen LogP contribution >= 0.6 is 0 Å². The average molecular weight is 188 g/mol. The molecule has 0 N–H and O–H groups in total. The second kappa shape index (κ2) is 3.10. The van der Waals surface area contributed by atoms with Gasteiger partial charge in [0.25, 0.3) is 0 Å². The van der Waals surface area contributed by atoms with E-state index in [9.17, 15) is 9.59 Å². The fraction of sp³-hybridized carbons (Fsp3) is 0.0909. The molecular formula is C11H8O3. The van der Waals surface area contributed by atoms with Crippen molar-refractivity contribution in [2.24, 2.45) is 0 Å². The Balaban J connectivity index is 3.00. The van der Waals surface area contributed by atoms with Crippen LogP contribution in [0.4, 0.5) is 0 Å². The molecule has 0 aliphatic rings. The Morgan fingerprint density at radius 2 is 2.00 bits per heavy atom. The van der Waals surface area contributed by atoms with Crippen LogP contribution in [0.15, 0.2) is 33.5 Å². The first-order valence-electron chi connectivity index (χ1n) is 4.21. The highest BCUT2D eigenvalue weighted by Crippen LogP contribution is 2.13. The lowest BCUT2D eigenvalue weighted by atomic mass is 10.1. The van der Waals surface area contributed by atoms with Crippen LogP contribution in [0.25, 0.3) is 11.0 Å². The van der Waals surface area contributed by atoms with Crippen LogP contribution in [-0.4, -0.2) is 6.29 Å². The van der Waals surface area contributed by atoms with Gasteiger partial charge in [0.15, 0.2) is 6.29 Å². The third-order valence-corrected chi connectivity index (χ3v) is 2.14. The predicted octanol–water partition coefficient (Wildman–Crippen LogP) is 1.91. The summed E-state index contributed by atoms with van der Waals surface area (Å²) in [5.74, 6) is 0.365. The maximum Gasteiger partial charge on any atom is 0.203 e. The van der Waals surface area contributed by atoms with Crippen molar-refractivity contribution in [3.8, 4) is 0 Å². The molecule has 0 saturated heterocycles. The van der Waals surface area contributed by atoms with Crippen LogP contribution < -0.4 is 5.43 Å². The molecule has 0 unspecified atom stereocenters. The van der Waals surface area contributed by atoms with Gasteiger partial charge in [0.2, 0.25) is 5.43 Å². The summed E-state index contributed by atoms with van der Waals surface area (Å²) in [7, 11) is 0. The molecule has 0 bridgehead atoms. The number of benzene rings is 1. The van der Waals surface area contributed by atoms with Gasteiger partial charge < -0.3 is 4.42 Å². The number of carbonyl (C=O) groups is 1. The van der Waals surface area contributed by atoms with Gasteiger partial charge in [0.05, 0.1) is 5.39 Å². The zero-order chi connectivity index (χ0) is 10.1. The molecule has 0 aliphatic heterocycles. The number of carbonyl (C=O) groups excluding carboxylic acids is 1. The Labute approximate surface area is 80.0 Å². The largest absolute Gasteiger partial charge is 0.460 e. The second-order valence-corrected chi connectivity index (χ2v) is 3.02. The molecule has 0 atom stereocenters. The van der Waals surface area contributed by atoms with Crippen molar-refractivity contribution in [2.45, 2.75) is 6.92 Å². The van der Waals surface area contributed by atoms with E-state index in [1.54, 1.807) is 31.2 Å². The minimum atomic E-state index is -0.264. The number of aryl methyl sites for hydroxylation is 1. The molecule has 0 saturated carbocycles. The summed E-state index contributed by atoms with van der Waals surface area (Å²) in [6, 6.07) is 6.88. The normalized spacial score (nSPS) is 10.4. The van der Waals surface area contributed by atoms with Crippen LogP contribution in [-0.2, 0) is 0 Å². The first kappa shape index (κ1) is 8.69. The molecule has 1 aromatic heterocycles. The zero-order valence-electron chi connectivity index (χ0n) is 7.61. The first-order chi connectivity index (χ1) is 6.74. The smallest absolute Gasteiger partial charge is 0.203 e. The first-order valence-corrected chi connectivity index (χ1v) is 4.21. The van der Waals surface area contributed by atoms with Crippen molar-refractivity contribution in [1.29, 1.82) is 0 Å². The minimum absolute atomic E-state index is 0.101. The van der Waals surface area contributed by atoms with Crippen molar-refractivity contribution in [1.82, 2.24) is 0 Å². The summed E-state index contributed by atoms with van der Waals surface area (Å²) in [5.41, 5.74) is 0.351. The standard InChI is InChI=1S/C11H8O3/c1-7-9(6-12)11(13)8-4-2-3-5-10(8)14-7/h2-6H,1H3. The summed E-state index contributed by atoms with van der Waals surface area (Å²) in [5, 5.41) is 0.445. The lowest BCUT2D eigenvalue weighted by molar-refractivity contribution is 0.112. The van der Waals surface area contributed by atoms with Crippen LogP contribution in [0.1, 0.15) is 16.1 Å². The van der Waals surface area contributed by atoms with Gasteiger partial charge in [0, 0.05) is 0 Å². The second-order valence-electron chi connectivity index (χ2n) is 3.02. The van der Waals surface area contributed by atoms with Crippen molar-refractivity contribution < 1.29 is 9.21 Å². The molecular weight excluding hydrogens is 180 g/mol. The van der Waals surface area contributed by atoms with Gasteiger partial charge in [-0.15, -0.1) is 0 Å². The van der Waals surface area contributed by atoms with Gasteiger partial charge in [-0.05, 0) is 19.1 Å². The van der Waals surface area contributed by atoms with Crippen LogP contribution in [0.2, 0.25) is 0 Å². The van der Waals surface area contributed by atoms with Crippen molar-refractivity contribution >= 4 is 17.3 Å². The predicted molar refractivity (Wildman–Crippen MR) is 52.6 cm³/mol. The molecule has 1 aromatic carbocycles. The Hall–Kier alpha value is -1.90. The molecule has 3 heteroatoms. The molecule has 0 fully saturated rings. The monoisotopic (exact) mass is 188 g/mol. The Bertz CT molecular complexity index is 552. The lowest BCUT2D eigenvalue weighted by Gasteiger charge is -2.00. The summed E-state index contributed by atoms with van der Waals surface area (Å²) in [6.45, 7) is 1.61. The molecule has 0 radical (unpaired) electrons. The van der Waals surface area contributed by atoms with Crippen LogP contribution in [0, 0.1) is 6.92 Å². The van der Waals surface area contributed by atoms with Crippen LogP contribution in [0.3, 0.4) is 0 Å². The number of hydrogen-bond acceptors (Lipinski definition) is 3. The molecule has 3 nitrogen and oxygen atoms in total. The zero-order valence-corrected chi connectivity index (χ0v) is 7.61. The van der Waals surface area contributed by atoms with Gasteiger partial charge in [-0.2, -0.15) is 0 Å². The van der Waals surface area contributed by atoms with Gasteiger partial charge >= 0.3 is 0 Å². The summed E-state index contributed by atoms with van der Waals surface area (Å²) in [4.78, 5) is 22.3. The number of aldehydes is 1. The Kier molecular flexibility index (Phi) is 1.93. The quantitative estimate of drug-likeness (QED) is 0.642. The van der Waals surface area contributed by atoms with Crippen molar-refractivity contribution in [3.05, 3.63) is 45.8 Å². The van der Waals surface area contributed by atoms with E-state index in [4.69, 9.17) is 4.42 Å². The van der Waals surface area contributed by atoms with E-state index < -0.39 is 0 Å². The molecule has 1 heterocycles. The highest BCUT2D eigenvalue weighted by atomic mass is 16.3. The minimum Gasteiger partial charge on any atom is -0.460 e. The number of rotatable bonds is 1. The molecule has 0 spiro atoms. The topological polar surface area (TPSA) is 47.3 Å². The number of hydrogen-bond donors (Lipinski definition) is 0. The summed E-state index contributed by atoms with van der Waals surface area (Å²) < 4.78 is 5.33. The van der Waals surface area contributed by atoms with E-state index in [2.05, 4.69) is 0 Å². The third-order valence-electron chi connectivity index (χ3n) is 2.14. The molecule has 2 aromatic rings. The van der Waals surface area contributed by atoms with Gasteiger partial charge in [-0.1, -0.05) is 12.1 Å². The molecule has 2 rings (SSSR count). The number of para-hydroxylation sites is 1. The Morgan fingerprint density at radius 3 is 2.71 bits per heavy atom. The van der Waals surface area contributed by atoms with Crippen LogP contribution in [0.5, 0.6) is 0 Å². The highest BCUT2D eigenvalue weighted by molar-refractivity contribution is 5.85.